The second-order valence-electron chi connectivity index (χ2n) is 5.24. The number of anilines is 1. The largest absolute Gasteiger partial charge is 0.486 e. The third-order valence-corrected chi connectivity index (χ3v) is 3.97. The Labute approximate surface area is 114 Å². The number of ether oxygens (including phenoxy) is 2. The van der Waals surface area contributed by atoms with Crippen LogP contribution in [0.5, 0.6) is 11.5 Å². The number of likely N-dealkylation sites (N-methyl/N-ethyl adjacent to an activating group) is 1. The fraction of sp³-hybridized carbons (Fsp3) is 0.600. The molecule has 0 saturated carbocycles. The van der Waals surface area contributed by atoms with Gasteiger partial charge in [-0.15, -0.1) is 0 Å². The molecule has 2 aliphatic heterocycles. The lowest BCUT2D eigenvalue weighted by Gasteiger charge is -2.36. The van der Waals surface area contributed by atoms with Crippen LogP contribution in [0.15, 0.2) is 12.1 Å². The van der Waals surface area contributed by atoms with Crippen LogP contribution in [0.4, 0.5) is 5.69 Å². The van der Waals surface area contributed by atoms with Gasteiger partial charge in [0.1, 0.15) is 13.2 Å². The maximum absolute atomic E-state index is 5.90. The summed E-state index contributed by atoms with van der Waals surface area (Å²) in [6.45, 7) is 7.78. The first kappa shape index (κ1) is 12.6. The molecule has 1 fully saturated rings. The van der Waals surface area contributed by atoms with Crippen molar-refractivity contribution in [3.05, 3.63) is 17.7 Å². The van der Waals surface area contributed by atoms with Crippen molar-refractivity contribution in [2.75, 3.05) is 51.3 Å². The molecule has 2 heterocycles. The fourth-order valence-corrected chi connectivity index (χ4v) is 2.75. The van der Waals surface area contributed by atoms with E-state index in [4.69, 9.17) is 9.47 Å². The quantitative estimate of drug-likeness (QED) is 0.811. The minimum atomic E-state index is 0.654. The summed E-state index contributed by atoms with van der Waals surface area (Å²) in [6.07, 6.45) is 0.981. The van der Waals surface area contributed by atoms with Gasteiger partial charge in [-0.3, -0.25) is 0 Å². The maximum atomic E-state index is 5.90. The second-order valence-corrected chi connectivity index (χ2v) is 5.24. The number of benzene rings is 1. The molecule has 0 bridgehead atoms. The Morgan fingerprint density at radius 2 is 1.68 bits per heavy atom. The number of piperazine rings is 1. The molecule has 0 atom stereocenters. The molecule has 4 nitrogen and oxygen atoms in total. The van der Waals surface area contributed by atoms with E-state index in [1.165, 1.54) is 11.3 Å². The molecular weight excluding hydrogens is 240 g/mol. The van der Waals surface area contributed by atoms with Crippen molar-refractivity contribution in [1.82, 2.24) is 4.90 Å². The molecule has 0 amide bonds. The number of fused-ring (bicyclic) bond motifs is 1. The fourth-order valence-electron chi connectivity index (χ4n) is 2.75. The average molecular weight is 262 g/mol. The predicted octanol–water partition coefficient (Wildman–Crippen LogP) is 1.77. The van der Waals surface area contributed by atoms with E-state index in [2.05, 4.69) is 35.9 Å². The summed E-state index contributed by atoms with van der Waals surface area (Å²) in [5.74, 6) is 1.92. The first-order valence-electron chi connectivity index (χ1n) is 7.14. The van der Waals surface area contributed by atoms with E-state index in [0.29, 0.717) is 13.2 Å². The third-order valence-electron chi connectivity index (χ3n) is 3.97. The van der Waals surface area contributed by atoms with Crippen LogP contribution in [-0.2, 0) is 6.42 Å². The van der Waals surface area contributed by atoms with Gasteiger partial charge in [0.15, 0.2) is 11.5 Å². The molecule has 1 saturated heterocycles. The minimum absolute atomic E-state index is 0.654. The van der Waals surface area contributed by atoms with E-state index in [9.17, 15) is 0 Å². The number of hydrogen-bond acceptors (Lipinski definition) is 4. The second kappa shape index (κ2) is 5.29. The lowest BCUT2D eigenvalue weighted by Crippen LogP contribution is -2.44. The molecular formula is C15H22N2O2. The zero-order chi connectivity index (χ0) is 13.2. The van der Waals surface area contributed by atoms with Crippen LogP contribution >= 0.6 is 0 Å². The number of hydrogen-bond donors (Lipinski definition) is 0. The molecule has 1 aromatic rings. The highest BCUT2D eigenvalue weighted by Crippen LogP contribution is 2.42. The highest BCUT2D eigenvalue weighted by Gasteiger charge is 2.24. The van der Waals surface area contributed by atoms with E-state index in [1.54, 1.807) is 0 Å². The van der Waals surface area contributed by atoms with Gasteiger partial charge >= 0.3 is 0 Å². The SMILES string of the molecule is CCc1ccc(N2CCN(C)CC2)c2c1OCCO2. The Kier molecular flexibility index (Phi) is 3.51. The Morgan fingerprint density at radius 1 is 1.00 bits per heavy atom. The number of rotatable bonds is 2. The van der Waals surface area contributed by atoms with Crippen molar-refractivity contribution in [3.8, 4) is 11.5 Å². The van der Waals surface area contributed by atoms with Gasteiger partial charge in [-0.25, -0.2) is 0 Å². The Hall–Kier alpha value is -1.42. The van der Waals surface area contributed by atoms with Crippen LogP contribution in [-0.4, -0.2) is 51.3 Å². The lowest BCUT2D eigenvalue weighted by atomic mass is 10.1. The van der Waals surface area contributed by atoms with Gasteiger partial charge in [0, 0.05) is 26.2 Å². The normalized spacial score (nSPS) is 19.6. The molecule has 2 aliphatic rings. The molecule has 19 heavy (non-hydrogen) atoms. The van der Waals surface area contributed by atoms with Crippen LogP contribution in [0.25, 0.3) is 0 Å². The first-order chi connectivity index (χ1) is 9.29. The van der Waals surface area contributed by atoms with Crippen LogP contribution in [0.2, 0.25) is 0 Å². The molecule has 0 aromatic heterocycles. The van der Waals surface area contributed by atoms with Gasteiger partial charge in [-0.2, -0.15) is 0 Å². The van der Waals surface area contributed by atoms with Crippen molar-refractivity contribution in [3.63, 3.8) is 0 Å². The van der Waals surface area contributed by atoms with Gasteiger partial charge in [-0.1, -0.05) is 13.0 Å². The summed E-state index contributed by atoms with van der Waals surface area (Å²) >= 11 is 0. The van der Waals surface area contributed by atoms with Crippen molar-refractivity contribution in [2.24, 2.45) is 0 Å². The van der Waals surface area contributed by atoms with Crippen molar-refractivity contribution in [1.29, 1.82) is 0 Å². The van der Waals surface area contributed by atoms with E-state index in [0.717, 1.165) is 44.1 Å². The molecule has 0 aliphatic carbocycles. The van der Waals surface area contributed by atoms with Gasteiger partial charge in [0.2, 0.25) is 0 Å². The number of aryl methyl sites for hydroxylation is 1. The van der Waals surface area contributed by atoms with E-state index >= 15 is 0 Å². The molecule has 0 radical (unpaired) electrons. The molecule has 3 rings (SSSR count). The van der Waals surface area contributed by atoms with E-state index < -0.39 is 0 Å². The molecule has 0 N–H and O–H groups in total. The van der Waals surface area contributed by atoms with Gasteiger partial charge in [-0.05, 0) is 25.1 Å². The summed E-state index contributed by atoms with van der Waals surface area (Å²) in [6, 6.07) is 4.37. The summed E-state index contributed by atoms with van der Waals surface area (Å²) in [4.78, 5) is 4.77. The maximum Gasteiger partial charge on any atom is 0.184 e. The molecule has 4 heteroatoms. The predicted molar refractivity (Wildman–Crippen MR) is 76.5 cm³/mol. The van der Waals surface area contributed by atoms with Crippen molar-refractivity contribution >= 4 is 5.69 Å². The van der Waals surface area contributed by atoms with Crippen LogP contribution in [0, 0.1) is 0 Å². The summed E-state index contributed by atoms with van der Waals surface area (Å²) in [5.41, 5.74) is 2.44. The Morgan fingerprint density at radius 3 is 2.37 bits per heavy atom. The Bertz CT molecular complexity index is 454. The van der Waals surface area contributed by atoms with E-state index in [-0.39, 0.29) is 0 Å². The monoisotopic (exact) mass is 262 g/mol. The first-order valence-corrected chi connectivity index (χ1v) is 7.14. The van der Waals surface area contributed by atoms with E-state index in [1.807, 2.05) is 0 Å². The average Bonchev–Trinajstić information content (AvgIpc) is 2.47. The standard InChI is InChI=1S/C15H22N2O2/c1-3-12-4-5-13(15-14(12)18-10-11-19-15)17-8-6-16(2)7-9-17/h4-5H,3,6-11H2,1-2H3. The molecule has 0 unspecified atom stereocenters. The number of nitrogens with zero attached hydrogens (tertiary/aromatic N) is 2. The summed E-state index contributed by atoms with van der Waals surface area (Å²) < 4.78 is 11.7. The summed E-state index contributed by atoms with van der Waals surface area (Å²) in [7, 11) is 2.17. The molecule has 104 valence electrons. The van der Waals surface area contributed by atoms with Crippen LogP contribution < -0.4 is 14.4 Å². The highest BCUT2D eigenvalue weighted by atomic mass is 16.6. The zero-order valence-corrected chi connectivity index (χ0v) is 11.8. The van der Waals surface area contributed by atoms with Crippen molar-refractivity contribution in [2.45, 2.75) is 13.3 Å². The highest BCUT2D eigenvalue weighted by molar-refractivity contribution is 5.68. The third kappa shape index (κ3) is 2.37. The van der Waals surface area contributed by atoms with Crippen molar-refractivity contribution < 1.29 is 9.47 Å². The molecule has 1 aromatic carbocycles. The summed E-state index contributed by atoms with van der Waals surface area (Å²) in [5, 5.41) is 0. The topological polar surface area (TPSA) is 24.9 Å². The van der Waals surface area contributed by atoms with Gasteiger partial charge in [0.25, 0.3) is 0 Å². The lowest BCUT2D eigenvalue weighted by molar-refractivity contribution is 0.170. The Balaban J connectivity index is 1.93. The minimum Gasteiger partial charge on any atom is -0.486 e. The van der Waals surface area contributed by atoms with Gasteiger partial charge in [0.05, 0.1) is 5.69 Å². The zero-order valence-electron chi connectivity index (χ0n) is 11.8. The van der Waals surface area contributed by atoms with Crippen LogP contribution in [0.1, 0.15) is 12.5 Å². The van der Waals surface area contributed by atoms with Crippen LogP contribution in [0.3, 0.4) is 0 Å². The van der Waals surface area contributed by atoms with Gasteiger partial charge < -0.3 is 19.3 Å². The molecule has 0 spiro atoms. The smallest absolute Gasteiger partial charge is 0.184 e.